The zero-order valence-corrected chi connectivity index (χ0v) is 16.9. The molecule has 2 atom stereocenters. The molecule has 1 amide bonds. The first-order chi connectivity index (χ1) is 14.1. The molecule has 7 heteroatoms. The fraction of sp³-hybridized carbons (Fsp3) is 0.348. The monoisotopic (exact) mass is 420 g/mol. The van der Waals surface area contributed by atoms with Crippen LogP contribution in [0.4, 0.5) is 17.6 Å². The normalized spacial score (nSPS) is 20.7. The maximum Gasteiger partial charge on any atom is 0.416 e. The van der Waals surface area contributed by atoms with Gasteiger partial charge in [0.1, 0.15) is 5.82 Å². The van der Waals surface area contributed by atoms with Gasteiger partial charge in [-0.25, -0.2) is 4.39 Å². The highest BCUT2D eigenvalue weighted by Crippen LogP contribution is 2.29. The number of carbonyl (C=O) groups is 1. The molecule has 0 radical (unpaired) electrons. The van der Waals surface area contributed by atoms with E-state index in [2.05, 4.69) is 4.90 Å². The summed E-state index contributed by atoms with van der Waals surface area (Å²) < 4.78 is 51.0. The van der Waals surface area contributed by atoms with Gasteiger partial charge in [-0.2, -0.15) is 13.2 Å². The minimum Gasteiger partial charge on any atom is -0.334 e. The average molecular weight is 420 g/mol. The number of nitrogens with zero attached hydrogens (tertiary/aromatic N) is 2. The lowest BCUT2D eigenvalue weighted by Gasteiger charge is -2.44. The Morgan fingerprint density at radius 2 is 1.63 bits per heavy atom. The minimum atomic E-state index is -4.38. The molecule has 1 aliphatic rings. The first-order valence-corrected chi connectivity index (χ1v) is 9.78. The van der Waals surface area contributed by atoms with Crippen LogP contribution in [-0.2, 0) is 17.5 Å². The smallest absolute Gasteiger partial charge is 0.334 e. The van der Waals surface area contributed by atoms with Gasteiger partial charge in [0.2, 0.25) is 5.91 Å². The summed E-state index contributed by atoms with van der Waals surface area (Å²) in [7, 11) is 0. The van der Waals surface area contributed by atoms with Crippen molar-refractivity contribution in [3.8, 4) is 0 Å². The van der Waals surface area contributed by atoms with Gasteiger partial charge in [0.25, 0.3) is 0 Å². The lowest BCUT2D eigenvalue weighted by atomic mass is 10.1. The van der Waals surface area contributed by atoms with Crippen molar-refractivity contribution >= 4 is 12.0 Å². The fourth-order valence-electron chi connectivity index (χ4n) is 3.60. The molecule has 0 aliphatic carbocycles. The summed E-state index contributed by atoms with van der Waals surface area (Å²) in [6.07, 6.45) is -1.44. The maximum absolute atomic E-state index is 13.1. The number of piperazine rings is 1. The van der Waals surface area contributed by atoms with Crippen molar-refractivity contribution in [3.05, 3.63) is 77.1 Å². The quantitative estimate of drug-likeness (QED) is 0.515. The molecule has 2 aromatic carbocycles. The number of amides is 1. The molecule has 1 aliphatic heterocycles. The van der Waals surface area contributed by atoms with Gasteiger partial charge in [-0.05, 0) is 55.3 Å². The molecule has 1 heterocycles. The molecule has 0 aromatic heterocycles. The van der Waals surface area contributed by atoms with Crippen molar-refractivity contribution in [2.75, 3.05) is 13.1 Å². The summed E-state index contributed by atoms with van der Waals surface area (Å²) >= 11 is 0. The number of hydrogen-bond donors (Lipinski definition) is 0. The highest BCUT2D eigenvalue weighted by atomic mass is 19.4. The molecule has 30 heavy (non-hydrogen) atoms. The Morgan fingerprint density at radius 1 is 1.00 bits per heavy atom. The van der Waals surface area contributed by atoms with E-state index >= 15 is 0 Å². The number of alkyl halides is 3. The second-order valence-electron chi connectivity index (χ2n) is 7.70. The summed E-state index contributed by atoms with van der Waals surface area (Å²) in [5, 5.41) is 0. The molecular weight excluding hydrogens is 396 g/mol. The van der Waals surface area contributed by atoms with Crippen molar-refractivity contribution in [1.29, 1.82) is 0 Å². The van der Waals surface area contributed by atoms with Crippen molar-refractivity contribution < 1.29 is 22.4 Å². The van der Waals surface area contributed by atoms with Gasteiger partial charge in [0.05, 0.1) is 5.56 Å². The van der Waals surface area contributed by atoms with Crippen molar-refractivity contribution in [2.45, 2.75) is 38.7 Å². The summed E-state index contributed by atoms with van der Waals surface area (Å²) in [6.45, 7) is 5.90. The van der Waals surface area contributed by atoms with Gasteiger partial charge in [0.15, 0.2) is 0 Å². The van der Waals surface area contributed by atoms with Crippen LogP contribution in [0, 0.1) is 5.82 Å². The molecule has 0 N–H and O–H groups in total. The van der Waals surface area contributed by atoms with E-state index in [9.17, 15) is 22.4 Å². The Balaban J connectivity index is 1.60. The van der Waals surface area contributed by atoms with Crippen LogP contribution in [0.5, 0.6) is 0 Å². The van der Waals surface area contributed by atoms with Gasteiger partial charge in [0, 0.05) is 37.8 Å². The molecule has 160 valence electrons. The summed E-state index contributed by atoms with van der Waals surface area (Å²) in [4.78, 5) is 16.7. The van der Waals surface area contributed by atoms with E-state index in [-0.39, 0.29) is 23.8 Å². The summed E-state index contributed by atoms with van der Waals surface area (Å²) in [6, 6.07) is 11.2. The molecule has 1 saturated heterocycles. The first kappa shape index (κ1) is 22.0. The first-order valence-electron chi connectivity index (χ1n) is 9.78. The molecule has 0 unspecified atom stereocenters. The zero-order chi connectivity index (χ0) is 21.9. The molecule has 3 rings (SSSR count). The van der Waals surface area contributed by atoms with Crippen LogP contribution < -0.4 is 0 Å². The second-order valence-corrected chi connectivity index (χ2v) is 7.70. The summed E-state index contributed by atoms with van der Waals surface area (Å²) in [5.74, 6) is -0.439. The van der Waals surface area contributed by atoms with Gasteiger partial charge in [-0.3, -0.25) is 9.69 Å². The average Bonchev–Trinajstić information content (AvgIpc) is 2.70. The van der Waals surface area contributed by atoms with E-state index in [0.29, 0.717) is 25.2 Å². The number of hydrogen-bond acceptors (Lipinski definition) is 2. The molecule has 2 aromatic rings. The summed E-state index contributed by atoms with van der Waals surface area (Å²) in [5.41, 5.74) is 0.829. The van der Waals surface area contributed by atoms with Crippen LogP contribution in [0.2, 0.25) is 0 Å². The predicted octanol–water partition coefficient (Wildman–Crippen LogP) is 4.98. The molecular formula is C23H24F4N2O. The third-order valence-corrected chi connectivity index (χ3v) is 5.35. The van der Waals surface area contributed by atoms with E-state index in [1.807, 2.05) is 13.8 Å². The van der Waals surface area contributed by atoms with Gasteiger partial charge in [-0.1, -0.05) is 24.3 Å². The van der Waals surface area contributed by atoms with E-state index in [1.165, 1.54) is 36.4 Å². The van der Waals surface area contributed by atoms with Gasteiger partial charge < -0.3 is 4.90 Å². The Labute approximate surface area is 173 Å². The second kappa shape index (κ2) is 9.00. The Hall–Kier alpha value is -2.67. The number of carbonyl (C=O) groups excluding carboxylic acids is 1. The largest absolute Gasteiger partial charge is 0.416 e. The van der Waals surface area contributed by atoms with Crippen LogP contribution in [0.15, 0.2) is 54.6 Å². The number of benzene rings is 2. The molecule has 0 bridgehead atoms. The molecule has 0 spiro atoms. The third-order valence-electron chi connectivity index (χ3n) is 5.35. The minimum absolute atomic E-state index is 0.0218. The Morgan fingerprint density at radius 3 is 2.23 bits per heavy atom. The van der Waals surface area contributed by atoms with Crippen molar-refractivity contribution in [2.24, 2.45) is 0 Å². The maximum atomic E-state index is 13.1. The highest BCUT2D eigenvalue weighted by Gasteiger charge is 2.31. The van der Waals surface area contributed by atoms with Gasteiger partial charge in [-0.15, -0.1) is 0 Å². The molecule has 1 fully saturated rings. The SMILES string of the molecule is C[C@@H]1CN(C(=O)C=Cc2ccc(C(F)(F)F)cc2)[C@@H](C)CN1Cc1ccc(F)cc1. The lowest BCUT2D eigenvalue weighted by Crippen LogP contribution is -2.57. The third kappa shape index (κ3) is 5.48. The zero-order valence-electron chi connectivity index (χ0n) is 16.9. The van der Waals surface area contributed by atoms with Crippen LogP contribution in [0.25, 0.3) is 6.08 Å². The van der Waals surface area contributed by atoms with Crippen molar-refractivity contribution in [1.82, 2.24) is 9.80 Å². The highest BCUT2D eigenvalue weighted by molar-refractivity contribution is 5.92. The van der Waals surface area contributed by atoms with E-state index < -0.39 is 11.7 Å². The van der Waals surface area contributed by atoms with Crippen LogP contribution in [0.1, 0.15) is 30.5 Å². The van der Waals surface area contributed by atoms with Crippen LogP contribution in [-0.4, -0.2) is 40.9 Å². The van der Waals surface area contributed by atoms with E-state index in [0.717, 1.165) is 17.7 Å². The van der Waals surface area contributed by atoms with Crippen LogP contribution >= 0.6 is 0 Å². The van der Waals surface area contributed by atoms with Crippen LogP contribution in [0.3, 0.4) is 0 Å². The lowest BCUT2D eigenvalue weighted by molar-refractivity contribution is -0.137. The topological polar surface area (TPSA) is 23.6 Å². The molecule has 0 saturated carbocycles. The Kier molecular flexibility index (Phi) is 6.61. The standard InChI is InChI=1S/C23H24F4N2O/c1-16-14-29(17(2)13-28(16)15-19-5-10-21(24)11-6-19)22(30)12-7-18-3-8-20(9-4-18)23(25,26)27/h3-12,16-17H,13-15H2,1-2H3/t16-,17+/m1/s1. The number of rotatable bonds is 4. The Bertz CT molecular complexity index is 891. The predicted molar refractivity (Wildman–Crippen MR) is 108 cm³/mol. The fourth-order valence-corrected chi connectivity index (χ4v) is 3.60. The molecule has 3 nitrogen and oxygen atoms in total. The van der Waals surface area contributed by atoms with Gasteiger partial charge >= 0.3 is 6.18 Å². The van der Waals surface area contributed by atoms with Crippen molar-refractivity contribution in [3.63, 3.8) is 0 Å². The van der Waals surface area contributed by atoms with E-state index in [1.54, 1.807) is 17.0 Å². The number of halogens is 4. The van der Waals surface area contributed by atoms with E-state index in [4.69, 9.17) is 0 Å².